The Morgan fingerprint density at radius 1 is 1.36 bits per heavy atom. The van der Waals surface area contributed by atoms with E-state index in [0.29, 0.717) is 26.1 Å². The van der Waals surface area contributed by atoms with E-state index >= 15 is 0 Å². The molecule has 1 aliphatic rings. The predicted octanol–water partition coefficient (Wildman–Crippen LogP) is 1.21. The molecule has 7 nitrogen and oxygen atoms in total. The summed E-state index contributed by atoms with van der Waals surface area (Å²) in [6.07, 6.45) is 3.42. The minimum atomic E-state index is -0.217. The number of rotatable bonds is 3. The third kappa shape index (κ3) is 3.85. The number of hydrogen-bond acceptors (Lipinski definition) is 5. The minimum Gasteiger partial charge on any atom is -0.350 e. The molecule has 0 unspecified atom stereocenters. The van der Waals surface area contributed by atoms with Gasteiger partial charge in [-0.25, -0.2) is 4.98 Å². The molecule has 0 aliphatic carbocycles. The van der Waals surface area contributed by atoms with Gasteiger partial charge in [0.05, 0.1) is 18.2 Å². The van der Waals surface area contributed by atoms with E-state index in [1.54, 1.807) is 16.2 Å². The molecule has 3 rings (SSSR count). The van der Waals surface area contributed by atoms with Crippen LogP contribution >= 0.6 is 11.3 Å². The van der Waals surface area contributed by atoms with Crippen LogP contribution in [0, 0.1) is 19.8 Å². The lowest BCUT2D eigenvalue weighted by Crippen LogP contribution is -2.42. The summed E-state index contributed by atoms with van der Waals surface area (Å²) in [6.45, 7) is 7.02. The SMILES string of the molecule is CC(=O)N1C[C@@H](N)CC[C@@H](C(=O)NCc2cn3c(C)c(C)sc3n2)C1. The number of thiazole rings is 1. The number of fused-ring (bicyclic) bond motifs is 1. The summed E-state index contributed by atoms with van der Waals surface area (Å²) in [6, 6.07) is -0.0622. The average molecular weight is 363 g/mol. The molecule has 2 aromatic rings. The van der Waals surface area contributed by atoms with Crippen LogP contribution in [0.3, 0.4) is 0 Å². The zero-order valence-electron chi connectivity index (χ0n) is 14.9. The highest BCUT2D eigenvalue weighted by Crippen LogP contribution is 2.22. The van der Waals surface area contributed by atoms with Crippen LogP contribution in [0.4, 0.5) is 0 Å². The van der Waals surface area contributed by atoms with Crippen LogP contribution in [0.2, 0.25) is 0 Å². The van der Waals surface area contributed by atoms with E-state index in [4.69, 9.17) is 5.73 Å². The number of aromatic nitrogens is 2. The van der Waals surface area contributed by atoms with Crippen molar-refractivity contribution in [3.63, 3.8) is 0 Å². The van der Waals surface area contributed by atoms with Gasteiger partial charge in [-0.15, -0.1) is 11.3 Å². The second-order valence-electron chi connectivity index (χ2n) is 6.80. The van der Waals surface area contributed by atoms with Crippen LogP contribution in [0.1, 0.15) is 36.0 Å². The molecule has 0 radical (unpaired) electrons. The molecular weight excluding hydrogens is 338 g/mol. The second-order valence-corrected chi connectivity index (χ2v) is 7.99. The number of carbonyl (C=O) groups is 2. The van der Waals surface area contributed by atoms with Crippen molar-refractivity contribution in [2.75, 3.05) is 13.1 Å². The molecule has 3 heterocycles. The van der Waals surface area contributed by atoms with Crippen molar-refractivity contribution in [3.05, 3.63) is 22.5 Å². The standard InChI is InChI=1S/C17H25N5O2S/c1-10-11(2)25-17-20-15(9-22(10)17)6-19-16(24)13-4-5-14(18)8-21(7-13)12(3)23/h9,13-14H,4-8,18H2,1-3H3,(H,19,24)/t13-,14+/m1/s1. The maximum Gasteiger partial charge on any atom is 0.225 e. The molecule has 0 spiro atoms. The second kappa shape index (κ2) is 7.13. The average Bonchev–Trinajstić information content (AvgIpc) is 2.98. The van der Waals surface area contributed by atoms with Crippen molar-refractivity contribution in [1.29, 1.82) is 0 Å². The number of aryl methyl sites for hydroxylation is 2. The zero-order valence-corrected chi connectivity index (χ0v) is 15.7. The molecule has 1 saturated heterocycles. The number of imidazole rings is 1. The Balaban J connectivity index is 1.63. The van der Waals surface area contributed by atoms with Gasteiger partial charge >= 0.3 is 0 Å². The van der Waals surface area contributed by atoms with Gasteiger partial charge in [0.25, 0.3) is 0 Å². The third-order valence-electron chi connectivity index (χ3n) is 4.88. The number of amides is 2. The number of nitrogens with two attached hydrogens (primary N) is 1. The molecule has 25 heavy (non-hydrogen) atoms. The normalized spacial score (nSPS) is 21.4. The van der Waals surface area contributed by atoms with Crippen LogP contribution < -0.4 is 11.1 Å². The summed E-state index contributed by atoms with van der Waals surface area (Å²) in [7, 11) is 0. The minimum absolute atomic E-state index is 0.0321. The zero-order chi connectivity index (χ0) is 18.1. The number of likely N-dealkylation sites (tertiary alicyclic amines) is 1. The van der Waals surface area contributed by atoms with E-state index < -0.39 is 0 Å². The van der Waals surface area contributed by atoms with Crippen molar-refractivity contribution in [2.24, 2.45) is 11.7 Å². The Labute approximate surface area is 151 Å². The molecule has 1 aliphatic heterocycles. The number of hydrogen-bond donors (Lipinski definition) is 2. The summed E-state index contributed by atoms with van der Waals surface area (Å²) in [5.74, 6) is -0.287. The van der Waals surface area contributed by atoms with Crippen LogP contribution in [0.5, 0.6) is 0 Å². The Morgan fingerprint density at radius 3 is 2.80 bits per heavy atom. The molecule has 1 fully saturated rings. The van der Waals surface area contributed by atoms with Gasteiger partial charge in [0.1, 0.15) is 0 Å². The van der Waals surface area contributed by atoms with Gasteiger partial charge in [-0.3, -0.25) is 14.0 Å². The molecular formula is C17H25N5O2S. The van der Waals surface area contributed by atoms with Gasteiger partial charge in [0, 0.05) is 42.8 Å². The largest absolute Gasteiger partial charge is 0.350 e. The van der Waals surface area contributed by atoms with Gasteiger partial charge in [0.15, 0.2) is 4.96 Å². The first-order chi connectivity index (χ1) is 11.8. The maximum atomic E-state index is 12.6. The van der Waals surface area contributed by atoms with Crippen molar-refractivity contribution >= 4 is 28.1 Å². The van der Waals surface area contributed by atoms with Gasteiger partial charge in [-0.05, 0) is 26.7 Å². The molecule has 136 valence electrons. The smallest absolute Gasteiger partial charge is 0.225 e. The van der Waals surface area contributed by atoms with Crippen LogP contribution in [0.25, 0.3) is 4.96 Å². The van der Waals surface area contributed by atoms with E-state index in [2.05, 4.69) is 28.5 Å². The van der Waals surface area contributed by atoms with Gasteiger partial charge < -0.3 is 16.0 Å². The van der Waals surface area contributed by atoms with E-state index in [0.717, 1.165) is 17.1 Å². The first kappa shape index (κ1) is 17.9. The Bertz CT molecular complexity index is 796. The Hall–Kier alpha value is -1.93. The highest BCUT2D eigenvalue weighted by Gasteiger charge is 2.28. The lowest BCUT2D eigenvalue weighted by molar-refractivity contribution is -0.131. The molecule has 2 atom stereocenters. The van der Waals surface area contributed by atoms with Crippen molar-refractivity contribution in [1.82, 2.24) is 19.6 Å². The molecule has 8 heteroatoms. The van der Waals surface area contributed by atoms with E-state index in [9.17, 15) is 9.59 Å². The molecule has 0 saturated carbocycles. The molecule has 0 bridgehead atoms. The Kier molecular flexibility index (Phi) is 5.10. The first-order valence-corrected chi connectivity index (χ1v) is 9.39. The first-order valence-electron chi connectivity index (χ1n) is 8.58. The fraction of sp³-hybridized carbons (Fsp3) is 0.588. The number of carbonyl (C=O) groups excluding carboxylic acids is 2. The van der Waals surface area contributed by atoms with Gasteiger partial charge in [-0.1, -0.05) is 0 Å². The van der Waals surface area contributed by atoms with Crippen LogP contribution in [-0.2, 0) is 16.1 Å². The van der Waals surface area contributed by atoms with Crippen molar-refractivity contribution in [3.8, 4) is 0 Å². The lowest BCUT2D eigenvalue weighted by Gasteiger charge is -2.23. The van der Waals surface area contributed by atoms with Crippen LogP contribution in [0.15, 0.2) is 6.20 Å². The van der Waals surface area contributed by atoms with E-state index in [-0.39, 0.29) is 23.8 Å². The summed E-state index contributed by atoms with van der Waals surface area (Å²) in [4.78, 5) is 32.7. The third-order valence-corrected chi connectivity index (χ3v) is 5.95. The summed E-state index contributed by atoms with van der Waals surface area (Å²) < 4.78 is 2.06. The summed E-state index contributed by atoms with van der Waals surface area (Å²) >= 11 is 1.65. The summed E-state index contributed by atoms with van der Waals surface area (Å²) in [5.41, 5.74) is 8.04. The molecule has 3 N–H and O–H groups in total. The summed E-state index contributed by atoms with van der Waals surface area (Å²) in [5, 5.41) is 2.97. The van der Waals surface area contributed by atoms with Gasteiger partial charge in [-0.2, -0.15) is 0 Å². The van der Waals surface area contributed by atoms with Gasteiger partial charge in [0.2, 0.25) is 11.8 Å². The number of nitrogens with zero attached hydrogens (tertiary/aromatic N) is 3. The van der Waals surface area contributed by atoms with Crippen molar-refractivity contribution in [2.45, 2.75) is 46.2 Å². The highest BCUT2D eigenvalue weighted by molar-refractivity contribution is 7.17. The fourth-order valence-electron chi connectivity index (χ4n) is 3.20. The monoisotopic (exact) mass is 363 g/mol. The van der Waals surface area contributed by atoms with Crippen molar-refractivity contribution < 1.29 is 9.59 Å². The molecule has 0 aromatic carbocycles. The predicted molar refractivity (Wildman–Crippen MR) is 97.3 cm³/mol. The lowest BCUT2D eigenvalue weighted by atomic mass is 10.0. The Morgan fingerprint density at radius 2 is 2.12 bits per heavy atom. The number of nitrogens with one attached hydrogen (secondary N) is 1. The quantitative estimate of drug-likeness (QED) is 0.857. The maximum absolute atomic E-state index is 12.6. The van der Waals surface area contributed by atoms with Crippen LogP contribution in [-0.4, -0.2) is 45.2 Å². The van der Waals surface area contributed by atoms with E-state index in [1.165, 1.54) is 17.5 Å². The topological polar surface area (TPSA) is 92.7 Å². The molecule has 2 amide bonds. The molecule has 2 aromatic heterocycles. The fourth-order valence-corrected chi connectivity index (χ4v) is 4.17. The van der Waals surface area contributed by atoms with E-state index in [1.807, 2.05) is 6.20 Å². The highest BCUT2D eigenvalue weighted by atomic mass is 32.1.